The number of rotatable bonds is 9. The van der Waals surface area contributed by atoms with Gasteiger partial charge in [-0.15, -0.1) is 0 Å². The number of carboxylic acids is 1. The lowest BCUT2D eigenvalue weighted by Crippen LogP contribution is -2.01. The summed E-state index contributed by atoms with van der Waals surface area (Å²) < 4.78 is 5.81. The molecule has 0 aliphatic rings. The zero-order chi connectivity index (χ0) is 19.9. The number of furan rings is 1. The third-order valence-corrected chi connectivity index (χ3v) is 4.75. The van der Waals surface area contributed by atoms with E-state index in [1.807, 2.05) is 36.4 Å². The number of ketones is 1. The molecule has 4 nitrogen and oxygen atoms in total. The molecule has 0 aliphatic heterocycles. The van der Waals surface area contributed by atoms with Gasteiger partial charge in [0, 0.05) is 24.0 Å². The average molecular weight is 376 g/mol. The van der Waals surface area contributed by atoms with Gasteiger partial charge in [0.15, 0.2) is 5.78 Å². The molecule has 0 fully saturated rings. The fourth-order valence-electron chi connectivity index (χ4n) is 3.09. The Labute approximate surface area is 164 Å². The molecule has 1 N–H and O–H groups in total. The predicted molar refractivity (Wildman–Crippen MR) is 109 cm³/mol. The molecule has 0 aliphatic carbocycles. The van der Waals surface area contributed by atoms with Crippen molar-refractivity contribution < 1.29 is 19.1 Å². The molecular formula is C24H24O4. The summed E-state index contributed by atoms with van der Waals surface area (Å²) in [5, 5.41) is 9.11. The van der Waals surface area contributed by atoms with Crippen molar-refractivity contribution in [2.75, 3.05) is 0 Å². The van der Waals surface area contributed by atoms with Gasteiger partial charge in [0.25, 0.3) is 0 Å². The van der Waals surface area contributed by atoms with E-state index in [0.717, 1.165) is 24.8 Å². The molecule has 28 heavy (non-hydrogen) atoms. The van der Waals surface area contributed by atoms with Crippen molar-refractivity contribution in [1.29, 1.82) is 0 Å². The SMILES string of the molecule is CCCCc1ccc(C(=O)CCc2ccc(-c3cccc(C(=O)O)c3)o2)cc1. The Morgan fingerprint density at radius 3 is 2.43 bits per heavy atom. The predicted octanol–water partition coefficient (Wildman–Crippen LogP) is 5.80. The largest absolute Gasteiger partial charge is 0.478 e. The number of Topliss-reactive ketones (excluding diaryl/α,β-unsaturated/α-hetero) is 1. The van der Waals surface area contributed by atoms with Gasteiger partial charge < -0.3 is 9.52 Å². The van der Waals surface area contributed by atoms with Gasteiger partial charge >= 0.3 is 5.97 Å². The zero-order valence-electron chi connectivity index (χ0n) is 16.0. The van der Waals surface area contributed by atoms with Crippen molar-refractivity contribution in [3.8, 4) is 11.3 Å². The number of carbonyl (C=O) groups is 2. The lowest BCUT2D eigenvalue weighted by atomic mass is 10.0. The van der Waals surface area contributed by atoms with E-state index in [1.165, 1.54) is 5.56 Å². The van der Waals surface area contributed by atoms with Crippen molar-refractivity contribution in [3.63, 3.8) is 0 Å². The summed E-state index contributed by atoms with van der Waals surface area (Å²) in [5.74, 6) is 0.433. The van der Waals surface area contributed by atoms with Crippen molar-refractivity contribution in [3.05, 3.63) is 83.1 Å². The first-order valence-corrected chi connectivity index (χ1v) is 9.61. The molecule has 0 spiro atoms. The van der Waals surface area contributed by atoms with Crippen molar-refractivity contribution in [2.24, 2.45) is 0 Å². The molecule has 0 saturated heterocycles. The van der Waals surface area contributed by atoms with E-state index in [0.29, 0.717) is 29.9 Å². The lowest BCUT2D eigenvalue weighted by molar-refractivity contribution is 0.0696. The fourth-order valence-corrected chi connectivity index (χ4v) is 3.09. The third kappa shape index (κ3) is 4.97. The number of unbranched alkanes of at least 4 members (excludes halogenated alkanes) is 1. The second-order valence-corrected chi connectivity index (χ2v) is 6.88. The van der Waals surface area contributed by atoms with Crippen LogP contribution >= 0.6 is 0 Å². The molecule has 0 atom stereocenters. The molecule has 4 heteroatoms. The summed E-state index contributed by atoms with van der Waals surface area (Å²) in [7, 11) is 0. The number of aromatic carboxylic acids is 1. The second-order valence-electron chi connectivity index (χ2n) is 6.88. The zero-order valence-corrected chi connectivity index (χ0v) is 16.0. The summed E-state index contributed by atoms with van der Waals surface area (Å²) in [6, 6.07) is 18.1. The normalized spacial score (nSPS) is 10.8. The van der Waals surface area contributed by atoms with Gasteiger partial charge in [0.05, 0.1) is 5.56 Å². The van der Waals surface area contributed by atoms with Crippen LogP contribution in [0.4, 0.5) is 0 Å². The monoisotopic (exact) mass is 376 g/mol. The Kier molecular flexibility index (Phi) is 6.43. The highest BCUT2D eigenvalue weighted by Gasteiger charge is 2.11. The molecular weight excluding hydrogens is 352 g/mol. The minimum atomic E-state index is -0.972. The highest BCUT2D eigenvalue weighted by Crippen LogP contribution is 2.24. The number of hydrogen-bond acceptors (Lipinski definition) is 3. The Bertz CT molecular complexity index is 951. The van der Waals surface area contributed by atoms with Crippen LogP contribution in [-0.2, 0) is 12.8 Å². The maximum atomic E-state index is 12.4. The average Bonchev–Trinajstić information content (AvgIpc) is 3.20. The molecule has 2 aromatic carbocycles. The number of aryl methyl sites for hydroxylation is 2. The topological polar surface area (TPSA) is 67.5 Å². The maximum Gasteiger partial charge on any atom is 0.335 e. The molecule has 3 aromatic rings. The standard InChI is InChI=1S/C24H24O4/c1-2-3-5-17-8-10-18(11-9-17)22(25)14-12-21-13-15-23(28-21)19-6-4-7-20(16-19)24(26)27/h4,6-11,13,15-16H,2-3,5,12,14H2,1H3,(H,26,27). The number of benzene rings is 2. The Morgan fingerprint density at radius 2 is 1.71 bits per heavy atom. The number of hydrogen-bond donors (Lipinski definition) is 1. The molecule has 0 amide bonds. The van der Waals surface area contributed by atoms with E-state index in [9.17, 15) is 9.59 Å². The van der Waals surface area contributed by atoms with Crippen molar-refractivity contribution in [2.45, 2.75) is 39.0 Å². The van der Waals surface area contributed by atoms with Gasteiger partial charge in [-0.05, 0) is 42.7 Å². The van der Waals surface area contributed by atoms with E-state index < -0.39 is 5.97 Å². The Balaban J connectivity index is 1.60. The van der Waals surface area contributed by atoms with Gasteiger partial charge in [-0.3, -0.25) is 4.79 Å². The van der Waals surface area contributed by atoms with Crippen LogP contribution in [-0.4, -0.2) is 16.9 Å². The van der Waals surface area contributed by atoms with Gasteiger partial charge in [-0.1, -0.05) is 49.7 Å². The fraction of sp³-hybridized carbons (Fsp3) is 0.250. The maximum absolute atomic E-state index is 12.4. The number of carboxylic acid groups (broad SMARTS) is 1. The molecule has 0 bridgehead atoms. The minimum absolute atomic E-state index is 0.0906. The van der Waals surface area contributed by atoms with Crippen LogP contribution in [0.5, 0.6) is 0 Å². The van der Waals surface area contributed by atoms with E-state index in [4.69, 9.17) is 9.52 Å². The van der Waals surface area contributed by atoms with Crippen molar-refractivity contribution in [1.82, 2.24) is 0 Å². The first-order chi connectivity index (χ1) is 13.6. The van der Waals surface area contributed by atoms with Gasteiger partial charge in [0.1, 0.15) is 11.5 Å². The molecule has 0 saturated carbocycles. The second kappa shape index (κ2) is 9.18. The molecule has 1 heterocycles. The van der Waals surface area contributed by atoms with Gasteiger partial charge in [-0.2, -0.15) is 0 Å². The van der Waals surface area contributed by atoms with E-state index in [1.54, 1.807) is 24.3 Å². The van der Waals surface area contributed by atoms with Crippen LogP contribution in [0.15, 0.2) is 65.1 Å². The van der Waals surface area contributed by atoms with Crippen molar-refractivity contribution >= 4 is 11.8 Å². The molecule has 1 aromatic heterocycles. The van der Waals surface area contributed by atoms with Crippen LogP contribution in [0.3, 0.4) is 0 Å². The lowest BCUT2D eigenvalue weighted by Gasteiger charge is -2.03. The molecule has 0 radical (unpaired) electrons. The summed E-state index contributed by atoms with van der Waals surface area (Å²) in [4.78, 5) is 23.5. The highest BCUT2D eigenvalue weighted by atomic mass is 16.4. The summed E-state index contributed by atoms with van der Waals surface area (Å²) in [5.41, 5.74) is 2.91. The number of carbonyl (C=O) groups excluding carboxylic acids is 1. The van der Waals surface area contributed by atoms with Gasteiger partial charge in [-0.25, -0.2) is 4.79 Å². The van der Waals surface area contributed by atoms with Crippen LogP contribution < -0.4 is 0 Å². The first kappa shape index (κ1) is 19.6. The van der Waals surface area contributed by atoms with Crippen LogP contribution in [0.2, 0.25) is 0 Å². The van der Waals surface area contributed by atoms with Gasteiger partial charge in [0.2, 0.25) is 0 Å². The van der Waals surface area contributed by atoms with E-state index in [-0.39, 0.29) is 11.3 Å². The summed E-state index contributed by atoms with van der Waals surface area (Å²) in [6.07, 6.45) is 4.24. The molecule has 144 valence electrons. The van der Waals surface area contributed by atoms with E-state index >= 15 is 0 Å². The summed E-state index contributed by atoms with van der Waals surface area (Å²) >= 11 is 0. The molecule has 0 unspecified atom stereocenters. The Morgan fingerprint density at radius 1 is 0.929 bits per heavy atom. The minimum Gasteiger partial charge on any atom is -0.478 e. The van der Waals surface area contributed by atoms with Crippen LogP contribution in [0.1, 0.15) is 58.2 Å². The Hall–Kier alpha value is -3.14. The highest BCUT2D eigenvalue weighted by molar-refractivity contribution is 5.96. The summed E-state index contributed by atoms with van der Waals surface area (Å²) in [6.45, 7) is 2.17. The smallest absolute Gasteiger partial charge is 0.335 e. The third-order valence-electron chi connectivity index (χ3n) is 4.75. The van der Waals surface area contributed by atoms with Crippen LogP contribution in [0, 0.1) is 0 Å². The van der Waals surface area contributed by atoms with E-state index in [2.05, 4.69) is 6.92 Å². The van der Waals surface area contributed by atoms with Crippen LogP contribution in [0.25, 0.3) is 11.3 Å². The quantitative estimate of drug-likeness (QED) is 0.479. The molecule has 3 rings (SSSR count). The first-order valence-electron chi connectivity index (χ1n) is 9.61.